The molecule has 0 bridgehead atoms. The summed E-state index contributed by atoms with van der Waals surface area (Å²) < 4.78 is 12.4. The smallest absolute Gasteiger partial charge is 0.355 e. The minimum Gasteiger partial charge on any atom is -0.497 e. The maximum Gasteiger partial charge on any atom is 0.355 e. The molecular formula is C26H23NO4. The first-order chi connectivity index (χ1) is 15.1. The Morgan fingerprint density at radius 2 is 1.55 bits per heavy atom. The second-order valence-electron chi connectivity index (χ2n) is 7.07. The molecule has 4 aromatic rings. The summed E-state index contributed by atoms with van der Waals surface area (Å²) in [6, 6.07) is 24.3. The summed E-state index contributed by atoms with van der Waals surface area (Å²) in [6.45, 7) is 2.05. The van der Waals surface area contributed by atoms with Gasteiger partial charge in [0.1, 0.15) is 11.4 Å². The van der Waals surface area contributed by atoms with Crippen molar-refractivity contribution >= 4 is 22.7 Å². The Labute approximate surface area is 180 Å². The van der Waals surface area contributed by atoms with Crippen molar-refractivity contribution in [3.8, 4) is 16.9 Å². The van der Waals surface area contributed by atoms with Crippen molar-refractivity contribution in [2.45, 2.75) is 13.5 Å². The van der Waals surface area contributed by atoms with Crippen LogP contribution in [0.1, 0.15) is 27.8 Å². The minimum absolute atomic E-state index is 0.0365. The fraction of sp³-hybridized carbons (Fsp3) is 0.154. The zero-order chi connectivity index (χ0) is 21.8. The van der Waals surface area contributed by atoms with Crippen molar-refractivity contribution in [2.24, 2.45) is 0 Å². The van der Waals surface area contributed by atoms with E-state index in [4.69, 9.17) is 9.47 Å². The van der Waals surface area contributed by atoms with Crippen molar-refractivity contribution in [1.29, 1.82) is 0 Å². The fourth-order valence-electron chi connectivity index (χ4n) is 3.79. The number of carbonyl (C=O) groups is 2. The van der Waals surface area contributed by atoms with Gasteiger partial charge in [0, 0.05) is 22.0 Å². The third-order valence-electron chi connectivity index (χ3n) is 5.22. The van der Waals surface area contributed by atoms with E-state index in [-0.39, 0.29) is 18.9 Å². The number of ketones is 1. The number of nitrogens with zero attached hydrogens (tertiary/aromatic N) is 1. The van der Waals surface area contributed by atoms with Crippen LogP contribution in [0, 0.1) is 0 Å². The van der Waals surface area contributed by atoms with Gasteiger partial charge in [-0.15, -0.1) is 0 Å². The third-order valence-corrected chi connectivity index (χ3v) is 5.22. The lowest BCUT2D eigenvalue weighted by molar-refractivity contribution is 0.0515. The van der Waals surface area contributed by atoms with Crippen LogP contribution in [-0.2, 0) is 11.3 Å². The first kappa shape index (κ1) is 20.4. The highest BCUT2D eigenvalue weighted by atomic mass is 16.5. The van der Waals surface area contributed by atoms with Crippen LogP contribution in [0.5, 0.6) is 5.75 Å². The summed E-state index contributed by atoms with van der Waals surface area (Å²) in [5.41, 5.74) is 3.38. The molecule has 0 spiro atoms. The SMILES string of the molecule is CCOC(=O)c1c(-c2ccc(OC)cc2)c2ccccc2n1CC(=O)c1ccccc1. The molecular weight excluding hydrogens is 390 g/mol. The van der Waals surface area contributed by atoms with Gasteiger partial charge in [-0.2, -0.15) is 0 Å². The van der Waals surface area contributed by atoms with Gasteiger partial charge in [0.15, 0.2) is 5.78 Å². The van der Waals surface area contributed by atoms with Gasteiger partial charge < -0.3 is 14.0 Å². The molecule has 0 radical (unpaired) electrons. The monoisotopic (exact) mass is 413 g/mol. The molecule has 0 unspecified atom stereocenters. The fourth-order valence-corrected chi connectivity index (χ4v) is 3.79. The molecule has 5 nitrogen and oxygen atoms in total. The van der Waals surface area contributed by atoms with Gasteiger partial charge >= 0.3 is 5.97 Å². The molecule has 3 aromatic carbocycles. The zero-order valence-electron chi connectivity index (χ0n) is 17.5. The van der Waals surface area contributed by atoms with Crippen molar-refractivity contribution in [3.63, 3.8) is 0 Å². The Hall–Kier alpha value is -3.86. The quantitative estimate of drug-likeness (QED) is 0.302. The van der Waals surface area contributed by atoms with E-state index in [9.17, 15) is 9.59 Å². The van der Waals surface area contributed by atoms with Crippen molar-refractivity contribution in [1.82, 2.24) is 4.57 Å². The predicted octanol–water partition coefficient (Wildman–Crippen LogP) is 5.38. The molecule has 0 N–H and O–H groups in total. The van der Waals surface area contributed by atoms with Crippen LogP contribution in [-0.4, -0.2) is 30.0 Å². The number of methoxy groups -OCH3 is 1. The number of ether oxygens (including phenoxy) is 2. The normalized spacial score (nSPS) is 10.8. The van der Waals surface area contributed by atoms with Crippen molar-refractivity contribution < 1.29 is 19.1 Å². The number of benzene rings is 3. The lowest BCUT2D eigenvalue weighted by Crippen LogP contribution is -2.18. The molecule has 1 heterocycles. The number of Topliss-reactive ketones (excluding diaryl/α,β-unsaturated/α-hetero) is 1. The minimum atomic E-state index is -0.453. The van der Waals surface area contributed by atoms with Gasteiger partial charge in [0.25, 0.3) is 0 Å². The number of rotatable bonds is 7. The first-order valence-electron chi connectivity index (χ1n) is 10.1. The highest BCUT2D eigenvalue weighted by Gasteiger charge is 2.26. The number of esters is 1. The summed E-state index contributed by atoms with van der Waals surface area (Å²) in [5.74, 6) is 0.197. The van der Waals surface area contributed by atoms with E-state index < -0.39 is 5.97 Å². The third kappa shape index (κ3) is 3.94. The molecule has 0 aliphatic rings. The Kier molecular flexibility index (Phi) is 5.85. The van der Waals surface area contributed by atoms with Crippen LogP contribution >= 0.6 is 0 Å². The average Bonchev–Trinajstić information content (AvgIpc) is 3.14. The standard InChI is InChI=1S/C26H23NO4/c1-3-31-26(29)25-24(19-13-15-20(30-2)16-14-19)21-11-7-8-12-22(21)27(25)17-23(28)18-9-5-4-6-10-18/h4-16H,3,17H2,1-2H3. The molecule has 0 saturated heterocycles. The summed E-state index contributed by atoms with van der Waals surface area (Å²) in [4.78, 5) is 26.1. The zero-order valence-corrected chi connectivity index (χ0v) is 17.5. The van der Waals surface area contributed by atoms with E-state index in [0.717, 1.165) is 27.8 Å². The second-order valence-corrected chi connectivity index (χ2v) is 7.07. The van der Waals surface area contributed by atoms with Gasteiger partial charge in [-0.1, -0.05) is 60.7 Å². The van der Waals surface area contributed by atoms with Gasteiger partial charge in [-0.25, -0.2) is 4.79 Å². The predicted molar refractivity (Wildman–Crippen MR) is 121 cm³/mol. The number of carbonyl (C=O) groups excluding carboxylic acids is 2. The summed E-state index contributed by atoms with van der Waals surface area (Å²) in [5, 5.41) is 0.886. The van der Waals surface area contributed by atoms with Crippen LogP contribution in [0.25, 0.3) is 22.0 Å². The van der Waals surface area contributed by atoms with Crippen LogP contribution in [0.15, 0.2) is 78.9 Å². The number of para-hydroxylation sites is 1. The largest absolute Gasteiger partial charge is 0.497 e. The molecule has 1 aromatic heterocycles. The van der Waals surface area contributed by atoms with Gasteiger partial charge in [0.05, 0.1) is 20.3 Å². The van der Waals surface area contributed by atoms with E-state index >= 15 is 0 Å². The molecule has 4 rings (SSSR count). The van der Waals surface area contributed by atoms with Crippen LogP contribution in [0.4, 0.5) is 0 Å². The van der Waals surface area contributed by atoms with Gasteiger partial charge in [0.2, 0.25) is 0 Å². The van der Waals surface area contributed by atoms with E-state index in [1.165, 1.54) is 0 Å². The summed E-state index contributed by atoms with van der Waals surface area (Å²) in [7, 11) is 1.61. The van der Waals surface area contributed by atoms with Crippen LogP contribution in [0.2, 0.25) is 0 Å². The van der Waals surface area contributed by atoms with Gasteiger partial charge in [-0.3, -0.25) is 4.79 Å². The number of hydrogen-bond acceptors (Lipinski definition) is 4. The molecule has 0 amide bonds. The number of aromatic nitrogens is 1. The molecule has 0 atom stereocenters. The van der Waals surface area contributed by atoms with Crippen molar-refractivity contribution in [3.05, 3.63) is 90.1 Å². The Morgan fingerprint density at radius 3 is 2.23 bits per heavy atom. The summed E-state index contributed by atoms with van der Waals surface area (Å²) in [6.07, 6.45) is 0. The maximum atomic E-state index is 13.1. The molecule has 0 aliphatic carbocycles. The lowest BCUT2D eigenvalue weighted by Gasteiger charge is -2.11. The molecule has 5 heteroatoms. The van der Waals surface area contributed by atoms with E-state index in [0.29, 0.717) is 11.3 Å². The molecule has 0 saturated carbocycles. The van der Waals surface area contributed by atoms with Crippen LogP contribution in [0.3, 0.4) is 0 Å². The topological polar surface area (TPSA) is 57.5 Å². The Morgan fingerprint density at radius 1 is 0.871 bits per heavy atom. The second kappa shape index (κ2) is 8.88. The lowest BCUT2D eigenvalue weighted by atomic mass is 10.0. The highest BCUT2D eigenvalue weighted by Crippen LogP contribution is 2.36. The van der Waals surface area contributed by atoms with Crippen LogP contribution < -0.4 is 4.74 Å². The van der Waals surface area contributed by atoms with E-state index in [1.807, 2.05) is 66.7 Å². The molecule has 31 heavy (non-hydrogen) atoms. The first-order valence-corrected chi connectivity index (χ1v) is 10.1. The summed E-state index contributed by atoms with van der Waals surface area (Å²) >= 11 is 0. The molecule has 0 aliphatic heterocycles. The van der Waals surface area contributed by atoms with Crippen molar-refractivity contribution in [2.75, 3.05) is 13.7 Å². The van der Waals surface area contributed by atoms with E-state index in [1.54, 1.807) is 30.7 Å². The average molecular weight is 413 g/mol. The Balaban J connectivity index is 1.93. The Bertz CT molecular complexity index is 1220. The molecule has 0 fully saturated rings. The highest BCUT2D eigenvalue weighted by molar-refractivity contribution is 6.09. The molecule has 156 valence electrons. The number of hydrogen-bond donors (Lipinski definition) is 0. The number of fused-ring (bicyclic) bond motifs is 1. The maximum absolute atomic E-state index is 13.1. The van der Waals surface area contributed by atoms with Gasteiger partial charge in [-0.05, 0) is 30.7 Å². The van der Waals surface area contributed by atoms with E-state index in [2.05, 4.69) is 0 Å².